The summed E-state index contributed by atoms with van der Waals surface area (Å²) in [5, 5.41) is 7.35. The Morgan fingerprint density at radius 1 is 1.30 bits per heavy atom. The average molecular weight is 444 g/mol. The lowest BCUT2D eigenvalue weighted by molar-refractivity contribution is 0.0955. The Morgan fingerprint density at radius 3 is 3.03 bits per heavy atom. The van der Waals surface area contributed by atoms with Crippen molar-refractivity contribution in [3.05, 3.63) is 65.7 Å². The van der Waals surface area contributed by atoms with Gasteiger partial charge in [-0.05, 0) is 36.2 Å². The molecule has 3 N–H and O–H groups in total. The molecular formula is C20H21N5O3S2. The molecule has 1 unspecified atom stereocenters. The number of carbonyl (C=O) groups is 1. The Morgan fingerprint density at radius 2 is 2.20 bits per heavy atom. The van der Waals surface area contributed by atoms with Crippen LogP contribution in [0.4, 0.5) is 0 Å². The molecule has 10 heteroatoms. The highest BCUT2D eigenvalue weighted by Gasteiger charge is 2.30. The summed E-state index contributed by atoms with van der Waals surface area (Å²) in [5.41, 5.74) is 2.76. The molecule has 0 spiro atoms. The third-order valence-corrected chi connectivity index (χ3v) is 8.18. The minimum absolute atomic E-state index is 0.0129. The fourth-order valence-corrected chi connectivity index (χ4v) is 6.27. The molecule has 0 saturated carbocycles. The smallest absolute Gasteiger partial charge is 0.261 e. The van der Waals surface area contributed by atoms with E-state index in [1.54, 1.807) is 12.4 Å². The monoisotopic (exact) mass is 443 g/mol. The van der Waals surface area contributed by atoms with E-state index in [2.05, 4.69) is 15.4 Å². The first-order valence-corrected chi connectivity index (χ1v) is 12.2. The van der Waals surface area contributed by atoms with Gasteiger partial charge >= 0.3 is 0 Å². The van der Waals surface area contributed by atoms with E-state index in [0.29, 0.717) is 29.3 Å². The topological polar surface area (TPSA) is 105 Å². The zero-order chi connectivity index (χ0) is 20.7. The molecule has 0 radical (unpaired) electrons. The van der Waals surface area contributed by atoms with E-state index in [0.717, 1.165) is 21.7 Å². The normalized spacial score (nSPS) is 19.2. The van der Waals surface area contributed by atoms with Gasteiger partial charge in [-0.1, -0.05) is 0 Å². The van der Waals surface area contributed by atoms with E-state index in [9.17, 15) is 13.9 Å². The zero-order valence-electron chi connectivity index (χ0n) is 16.0. The Bertz CT molecular complexity index is 1210. The van der Waals surface area contributed by atoms with Gasteiger partial charge in [0, 0.05) is 47.5 Å². The summed E-state index contributed by atoms with van der Waals surface area (Å²) in [5.74, 6) is 0.673. The molecule has 0 aliphatic carbocycles. The third kappa shape index (κ3) is 3.86. The molecule has 5 rings (SSSR count). The first-order valence-electron chi connectivity index (χ1n) is 9.55. The van der Waals surface area contributed by atoms with Gasteiger partial charge in [0.15, 0.2) is 0 Å². The Hall–Kier alpha value is -2.66. The lowest BCUT2D eigenvalue weighted by atomic mass is 10.2. The molecule has 8 nitrogen and oxygen atoms in total. The highest BCUT2D eigenvalue weighted by molar-refractivity contribution is 8.24. The van der Waals surface area contributed by atoms with Crippen molar-refractivity contribution in [1.82, 2.24) is 24.5 Å². The number of pyridine rings is 1. The quantitative estimate of drug-likeness (QED) is 0.434. The number of nitrogens with one attached hydrogen (secondary N) is 1. The molecule has 0 aromatic carbocycles. The van der Waals surface area contributed by atoms with E-state index in [1.165, 1.54) is 11.3 Å². The van der Waals surface area contributed by atoms with Crippen LogP contribution in [-0.4, -0.2) is 45.7 Å². The van der Waals surface area contributed by atoms with Gasteiger partial charge in [0.25, 0.3) is 5.91 Å². The molecule has 1 aliphatic rings. The lowest BCUT2D eigenvalue weighted by Gasteiger charge is -2.25. The predicted molar refractivity (Wildman–Crippen MR) is 118 cm³/mol. The van der Waals surface area contributed by atoms with Crippen molar-refractivity contribution in [3.8, 4) is 10.4 Å². The number of hydrogen-bond acceptors (Lipinski definition) is 6. The number of imidazole rings is 1. The Kier molecular flexibility index (Phi) is 4.86. The standard InChI is InChI=1S/C20H21N5O3S2/c26-20(22-10-14-3-6-24-7-5-21-19(24)9-14)18-2-1-17(29-18)15-11-23-25(12-15)16-4-8-30(27,28)13-16/h1-3,5-7,9,11-12,16,27-28H,4,8,10,13H2,(H,22,26). The van der Waals surface area contributed by atoms with Crippen LogP contribution in [0.3, 0.4) is 0 Å². The number of aromatic nitrogens is 4. The molecule has 1 atom stereocenters. The third-order valence-electron chi connectivity index (χ3n) is 5.24. The number of rotatable bonds is 5. The molecule has 1 saturated heterocycles. The van der Waals surface area contributed by atoms with Gasteiger partial charge in [0.05, 0.1) is 22.9 Å². The first-order chi connectivity index (χ1) is 14.5. The summed E-state index contributed by atoms with van der Waals surface area (Å²) >= 11 is 1.41. The fraction of sp³-hybridized carbons (Fsp3) is 0.250. The van der Waals surface area contributed by atoms with Crippen molar-refractivity contribution in [2.24, 2.45) is 0 Å². The maximum Gasteiger partial charge on any atom is 0.261 e. The highest BCUT2D eigenvalue weighted by Crippen LogP contribution is 2.50. The number of carbonyl (C=O) groups excluding carboxylic acids is 1. The molecule has 4 aromatic rings. The molecule has 30 heavy (non-hydrogen) atoms. The molecule has 1 fully saturated rings. The van der Waals surface area contributed by atoms with Crippen LogP contribution in [0.25, 0.3) is 16.1 Å². The molecule has 1 aliphatic heterocycles. The van der Waals surface area contributed by atoms with E-state index in [-0.39, 0.29) is 11.9 Å². The number of amides is 1. The van der Waals surface area contributed by atoms with Crippen LogP contribution in [0.2, 0.25) is 0 Å². The fourth-order valence-electron chi connectivity index (χ4n) is 3.62. The number of thiophene rings is 1. The van der Waals surface area contributed by atoms with Crippen LogP contribution in [0.15, 0.2) is 55.2 Å². The lowest BCUT2D eigenvalue weighted by Crippen LogP contribution is -2.21. The largest absolute Gasteiger partial charge is 0.347 e. The maximum absolute atomic E-state index is 12.6. The van der Waals surface area contributed by atoms with Gasteiger partial charge in [-0.2, -0.15) is 15.7 Å². The summed E-state index contributed by atoms with van der Waals surface area (Å²) in [7, 11) is -2.46. The van der Waals surface area contributed by atoms with Gasteiger partial charge in [-0.15, -0.1) is 11.3 Å². The zero-order valence-corrected chi connectivity index (χ0v) is 17.6. The summed E-state index contributed by atoms with van der Waals surface area (Å²) < 4.78 is 23.4. The molecule has 0 bridgehead atoms. The molecule has 4 aromatic heterocycles. The van der Waals surface area contributed by atoms with Crippen LogP contribution in [0.5, 0.6) is 0 Å². The number of nitrogens with zero attached hydrogens (tertiary/aromatic N) is 4. The highest BCUT2D eigenvalue weighted by atomic mass is 32.3. The van der Waals surface area contributed by atoms with Crippen molar-refractivity contribution >= 4 is 33.5 Å². The van der Waals surface area contributed by atoms with E-state index in [4.69, 9.17) is 0 Å². The van der Waals surface area contributed by atoms with Gasteiger partial charge in [-0.3, -0.25) is 18.6 Å². The van der Waals surface area contributed by atoms with Crippen LogP contribution >= 0.6 is 21.9 Å². The number of fused-ring (bicyclic) bond motifs is 1. The second-order valence-corrected chi connectivity index (χ2v) is 10.8. The van der Waals surface area contributed by atoms with Gasteiger partial charge in [0.2, 0.25) is 0 Å². The van der Waals surface area contributed by atoms with Crippen LogP contribution in [-0.2, 0) is 6.54 Å². The minimum Gasteiger partial charge on any atom is -0.347 e. The minimum atomic E-state index is -2.46. The molecule has 156 valence electrons. The summed E-state index contributed by atoms with van der Waals surface area (Å²) in [6.45, 7) is 0.432. The second-order valence-electron chi connectivity index (χ2n) is 7.40. The predicted octanol–water partition coefficient (Wildman–Crippen LogP) is 3.88. The van der Waals surface area contributed by atoms with Crippen LogP contribution < -0.4 is 5.32 Å². The Balaban J connectivity index is 1.24. The number of hydrogen-bond donors (Lipinski definition) is 3. The summed E-state index contributed by atoms with van der Waals surface area (Å²) in [6.07, 6.45) is 9.94. The van der Waals surface area contributed by atoms with Crippen LogP contribution in [0, 0.1) is 0 Å². The SMILES string of the molecule is O=C(NCc1ccn2ccnc2c1)c1ccc(-c2cnn(C3CCS(O)(O)C3)c2)s1. The molecule has 1 amide bonds. The Labute approximate surface area is 178 Å². The van der Waals surface area contributed by atoms with Crippen molar-refractivity contribution in [2.75, 3.05) is 11.5 Å². The van der Waals surface area contributed by atoms with E-state index in [1.807, 2.05) is 51.9 Å². The van der Waals surface area contributed by atoms with Gasteiger partial charge in [-0.25, -0.2) is 4.98 Å². The van der Waals surface area contributed by atoms with Crippen molar-refractivity contribution in [1.29, 1.82) is 0 Å². The van der Waals surface area contributed by atoms with E-state index >= 15 is 0 Å². The summed E-state index contributed by atoms with van der Waals surface area (Å²) in [4.78, 5) is 18.4. The van der Waals surface area contributed by atoms with Crippen molar-refractivity contribution < 1.29 is 13.9 Å². The van der Waals surface area contributed by atoms with Crippen molar-refractivity contribution in [2.45, 2.75) is 19.0 Å². The van der Waals surface area contributed by atoms with E-state index < -0.39 is 10.6 Å². The van der Waals surface area contributed by atoms with Crippen LogP contribution in [0.1, 0.15) is 27.7 Å². The van der Waals surface area contributed by atoms with Crippen molar-refractivity contribution in [3.63, 3.8) is 0 Å². The van der Waals surface area contributed by atoms with Gasteiger partial charge < -0.3 is 9.72 Å². The average Bonchev–Trinajstić information content (AvgIpc) is 3.50. The maximum atomic E-state index is 12.6. The second kappa shape index (κ2) is 7.55. The van der Waals surface area contributed by atoms with Gasteiger partial charge in [0.1, 0.15) is 5.65 Å². The molecular weight excluding hydrogens is 422 g/mol. The molecule has 5 heterocycles. The first kappa shape index (κ1) is 19.3. The summed E-state index contributed by atoms with van der Waals surface area (Å²) in [6, 6.07) is 7.66.